The minimum absolute atomic E-state index is 0.0233. The second-order valence-electron chi connectivity index (χ2n) is 6.76. The topological polar surface area (TPSA) is 77.1 Å². The fourth-order valence-corrected chi connectivity index (χ4v) is 3.05. The summed E-state index contributed by atoms with van der Waals surface area (Å²) in [5.74, 6) is -3.83. The van der Waals surface area contributed by atoms with Crippen LogP contribution in [-0.4, -0.2) is 56.0 Å². The highest BCUT2D eigenvalue weighted by atomic mass is 19.1. The Morgan fingerprint density at radius 2 is 1.93 bits per heavy atom. The fraction of sp³-hybridized carbons (Fsp3) is 0.556. The van der Waals surface area contributed by atoms with Gasteiger partial charge in [-0.2, -0.15) is 0 Å². The highest BCUT2D eigenvalue weighted by Gasteiger charge is 2.34. The average molecular weight is 402 g/mol. The van der Waals surface area contributed by atoms with E-state index in [0.717, 1.165) is 0 Å². The number of amides is 2. The maximum absolute atomic E-state index is 13.5. The lowest BCUT2D eigenvalue weighted by Gasteiger charge is -2.35. The summed E-state index contributed by atoms with van der Waals surface area (Å²) in [6, 6.07) is 1.12. The van der Waals surface area contributed by atoms with Gasteiger partial charge in [0.1, 0.15) is 11.9 Å². The lowest BCUT2D eigenvalue weighted by Crippen LogP contribution is -2.43. The van der Waals surface area contributed by atoms with E-state index >= 15 is 0 Å². The minimum atomic E-state index is -1.09. The summed E-state index contributed by atoms with van der Waals surface area (Å²) >= 11 is 0. The zero-order valence-electron chi connectivity index (χ0n) is 15.1. The average Bonchev–Trinajstić information content (AvgIpc) is 2.70. The van der Waals surface area contributed by atoms with E-state index < -0.39 is 35.4 Å². The number of halogens is 3. The van der Waals surface area contributed by atoms with Gasteiger partial charge in [0, 0.05) is 31.8 Å². The van der Waals surface area contributed by atoms with Gasteiger partial charge in [-0.1, -0.05) is 0 Å². The third kappa shape index (κ3) is 5.20. The van der Waals surface area contributed by atoms with Crippen molar-refractivity contribution in [2.75, 3.05) is 32.8 Å². The van der Waals surface area contributed by atoms with Crippen molar-refractivity contribution < 1.29 is 37.0 Å². The standard InChI is InChI=1S/C18H21F3N2O5/c19-12-8-14(20)16(15(21)9-12)27-10-11-6-13(7-11)28-18(25)23-3-1-5-26-17(24)22-2-4-23/h8-9,11,13H,1-7,10H2,(H,22,24)/t11-,13+. The summed E-state index contributed by atoms with van der Waals surface area (Å²) in [6.07, 6.45) is 0.233. The molecule has 154 valence electrons. The minimum Gasteiger partial charge on any atom is -0.487 e. The molecule has 1 saturated heterocycles. The summed E-state index contributed by atoms with van der Waals surface area (Å²) in [7, 11) is 0. The summed E-state index contributed by atoms with van der Waals surface area (Å²) in [5, 5.41) is 2.53. The summed E-state index contributed by atoms with van der Waals surface area (Å²) in [4.78, 5) is 25.0. The molecule has 0 aromatic heterocycles. The van der Waals surface area contributed by atoms with Gasteiger partial charge >= 0.3 is 12.2 Å². The number of rotatable bonds is 4. The summed E-state index contributed by atoms with van der Waals surface area (Å²) in [6.45, 7) is 1.26. The molecule has 1 N–H and O–H groups in total. The number of hydrogen-bond donors (Lipinski definition) is 1. The maximum atomic E-state index is 13.5. The van der Waals surface area contributed by atoms with Gasteiger partial charge in [0.05, 0.1) is 13.2 Å². The van der Waals surface area contributed by atoms with Crippen molar-refractivity contribution in [3.05, 3.63) is 29.6 Å². The van der Waals surface area contributed by atoms with E-state index in [1.165, 1.54) is 4.90 Å². The molecule has 0 bridgehead atoms. The van der Waals surface area contributed by atoms with Crippen LogP contribution in [0.4, 0.5) is 22.8 Å². The van der Waals surface area contributed by atoms with Crippen LogP contribution in [0, 0.1) is 23.4 Å². The molecule has 0 radical (unpaired) electrons. The van der Waals surface area contributed by atoms with Crippen molar-refractivity contribution in [2.24, 2.45) is 5.92 Å². The van der Waals surface area contributed by atoms with E-state index in [2.05, 4.69) is 5.32 Å². The Kier molecular flexibility index (Phi) is 6.48. The molecule has 2 amide bonds. The van der Waals surface area contributed by atoms with Crippen molar-refractivity contribution >= 4 is 12.2 Å². The molecule has 2 aliphatic rings. The van der Waals surface area contributed by atoms with Gasteiger partial charge in [-0.05, 0) is 25.2 Å². The third-order valence-corrected chi connectivity index (χ3v) is 4.60. The lowest BCUT2D eigenvalue weighted by atomic mass is 9.83. The van der Waals surface area contributed by atoms with E-state index in [1.54, 1.807) is 0 Å². The zero-order valence-corrected chi connectivity index (χ0v) is 15.1. The van der Waals surface area contributed by atoms with Crippen molar-refractivity contribution in [1.29, 1.82) is 0 Å². The first-order valence-corrected chi connectivity index (χ1v) is 9.06. The van der Waals surface area contributed by atoms with Crippen LogP contribution in [0.15, 0.2) is 12.1 Å². The van der Waals surface area contributed by atoms with Gasteiger partial charge in [0.2, 0.25) is 0 Å². The molecule has 28 heavy (non-hydrogen) atoms. The highest BCUT2D eigenvalue weighted by molar-refractivity contribution is 5.69. The molecular weight excluding hydrogens is 381 g/mol. The summed E-state index contributed by atoms with van der Waals surface area (Å²) in [5.41, 5.74) is 0. The molecule has 1 aliphatic heterocycles. The normalized spacial score (nSPS) is 22.7. The van der Waals surface area contributed by atoms with Crippen molar-refractivity contribution in [3.63, 3.8) is 0 Å². The quantitative estimate of drug-likeness (QED) is 0.838. The van der Waals surface area contributed by atoms with Crippen LogP contribution in [0.3, 0.4) is 0 Å². The molecule has 7 nitrogen and oxygen atoms in total. The lowest BCUT2D eigenvalue weighted by molar-refractivity contribution is -0.0145. The van der Waals surface area contributed by atoms with Gasteiger partial charge in [-0.3, -0.25) is 0 Å². The van der Waals surface area contributed by atoms with Crippen LogP contribution < -0.4 is 10.1 Å². The maximum Gasteiger partial charge on any atom is 0.410 e. The number of carbonyl (C=O) groups excluding carboxylic acids is 2. The van der Waals surface area contributed by atoms with Crippen molar-refractivity contribution in [3.8, 4) is 5.75 Å². The van der Waals surface area contributed by atoms with Crippen molar-refractivity contribution in [1.82, 2.24) is 10.2 Å². The SMILES string of the molecule is O=C1NCCN(C(=O)O[C@H]2C[C@@H](COc3c(F)cc(F)cc3F)C2)CCCO1. The second-order valence-corrected chi connectivity index (χ2v) is 6.76. The Morgan fingerprint density at radius 3 is 2.64 bits per heavy atom. The van der Waals surface area contributed by atoms with Gasteiger partial charge in [-0.15, -0.1) is 0 Å². The van der Waals surface area contributed by atoms with Crippen LogP contribution in [0.25, 0.3) is 0 Å². The largest absolute Gasteiger partial charge is 0.487 e. The Hall–Kier alpha value is -2.65. The van der Waals surface area contributed by atoms with Gasteiger partial charge in [-0.25, -0.2) is 22.8 Å². The number of hydrogen-bond acceptors (Lipinski definition) is 5. The van der Waals surface area contributed by atoms with E-state index in [4.69, 9.17) is 14.2 Å². The molecule has 1 aromatic carbocycles. The number of ether oxygens (including phenoxy) is 3. The Balaban J connectivity index is 1.40. The Morgan fingerprint density at radius 1 is 1.21 bits per heavy atom. The molecule has 3 rings (SSSR count). The van der Waals surface area contributed by atoms with E-state index in [1.807, 2.05) is 0 Å². The smallest absolute Gasteiger partial charge is 0.410 e. The van der Waals surface area contributed by atoms with Gasteiger partial charge in [0.25, 0.3) is 0 Å². The highest BCUT2D eigenvalue weighted by Crippen LogP contribution is 2.32. The molecule has 0 unspecified atom stereocenters. The first-order valence-electron chi connectivity index (χ1n) is 9.06. The number of carbonyl (C=O) groups is 2. The second kappa shape index (κ2) is 9.03. The van der Waals surface area contributed by atoms with Crippen LogP contribution in [0.5, 0.6) is 5.75 Å². The van der Waals surface area contributed by atoms with E-state index in [9.17, 15) is 22.8 Å². The monoisotopic (exact) mass is 402 g/mol. The molecular formula is C18H21F3N2O5. The molecule has 1 heterocycles. The zero-order chi connectivity index (χ0) is 20.1. The van der Waals surface area contributed by atoms with E-state index in [0.29, 0.717) is 44.5 Å². The molecule has 1 aliphatic carbocycles. The van der Waals surface area contributed by atoms with Crippen LogP contribution in [-0.2, 0) is 9.47 Å². The van der Waals surface area contributed by atoms with Gasteiger partial charge in [0.15, 0.2) is 17.4 Å². The summed E-state index contributed by atoms with van der Waals surface area (Å²) < 4.78 is 55.4. The molecule has 1 saturated carbocycles. The van der Waals surface area contributed by atoms with Gasteiger partial charge < -0.3 is 24.4 Å². The number of nitrogens with one attached hydrogen (secondary N) is 1. The molecule has 10 heteroatoms. The number of alkyl carbamates (subject to hydrolysis) is 1. The fourth-order valence-electron chi connectivity index (χ4n) is 3.05. The first-order chi connectivity index (χ1) is 13.4. The van der Waals surface area contributed by atoms with E-state index in [-0.39, 0.29) is 31.8 Å². The Bertz CT molecular complexity index is 704. The Labute approximate surface area is 159 Å². The predicted molar refractivity (Wildman–Crippen MR) is 90.3 cm³/mol. The van der Waals surface area contributed by atoms with Crippen LogP contribution >= 0.6 is 0 Å². The van der Waals surface area contributed by atoms with Crippen LogP contribution in [0.2, 0.25) is 0 Å². The number of nitrogens with zero attached hydrogens (tertiary/aromatic N) is 1. The first kappa shape index (κ1) is 20.1. The molecule has 2 fully saturated rings. The molecule has 0 atom stereocenters. The molecule has 0 spiro atoms. The molecule has 1 aromatic rings. The number of benzene rings is 1. The predicted octanol–water partition coefficient (Wildman–Crippen LogP) is 2.83. The van der Waals surface area contributed by atoms with Crippen LogP contribution in [0.1, 0.15) is 19.3 Å². The van der Waals surface area contributed by atoms with Crippen molar-refractivity contribution in [2.45, 2.75) is 25.4 Å². The third-order valence-electron chi connectivity index (χ3n) is 4.60. The number of cyclic esters (lactones) is 1.